The molecule has 0 bridgehead atoms. The lowest BCUT2D eigenvalue weighted by molar-refractivity contribution is -0.143. The number of benzene rings is 2. The molecule has 3 N–H and O–H groups in total. The van der Waals surface area contributed by atoms with Crippen molar-refractivity contribution in [3.05, 3.63) is 66.2 Å². The number of carbonyl (C=O) groups is 3. The average Bonchev–Trinajstić information content (AvgIpc) is 3.30. The first-order valence-corrected chi connectivity index (χ1v) is 10.5. The standard InChI is InChI=1S/C24H25FN4O5/c1-14(2)12-20(23(31)33-3)28-22(30)21-13-19(29-34-21)15-4-8-17(9-5-15)26-24(32)27-18-10-6-16(25)7-11-18/h4-11,13-14,20H,12H2,1-3H3,(H,28,30)(H2,26,27,32). The highest BCUT2D eigenvalue weighted by Gasteiger charge is 2.25. The van der Waals surface area contributed by atoms with Gasteiger partial charge >= 0.3 is 12.0 Å². The van der Waals surface area contributed by atoms with Gasteiger partial charge in [-0.25, -0.2) is 14.0 Å². The molecule has 9 nitrogen and oxygen atoms in total. The fourth-order valence-electron chi connectivity index (χ4n) is 3.13. The molecule has 178 valence electrons. The zero-order valence-corrected chi connectivity index (χ0v) is 18.9. The van der Waals surface area contributed by atoms with Crippen LogP contribution < -0.4 is 16.0 Å². The molecule has 3 aromatic rings. The van der Waals surface area contributed by atoms with E-state index in [2.05, 4.69) is 21.1 Å². The molecule has 0 fully saturated rings. The zero-order chi connectivity index (χ0) is 24.7. The second-order valence-corrected chi connectivity index (χ2v) is 7.92. The van der Waals surface area contributed by atoms with Gasteiger partial charge in [0.15, 0.2) is 0 Å². The largest absolute Gasteiger partial charge is 0.467 e. The molecule has 0 aliphatic heterocycles. The van der Waals surface area contributed by atoms with Crippen molar-refractivity contribution in [2.24, 2.45) is 5.92 Å². The Morgan fingerprint density at radius 2 is 1.59 bits per heavy atom. The van der Waals surface area contributed by atoms with Gasteiger partial charge in [-0.05, 0) is 48.7 Å². The lowest BCUT2D eigenvalue weighted by atomic mass is 10.0. The smallest absolute Gasteiger partial charge is 0.328 e. The summed E-state index contributed by atoms with van der Waals surface area (Å²) in [5.41, 5.74) is 2.02. The van der Waals surface area contributed by atoms with Gasteiger partial charge in [0, 0.05) is 23.0 Å². The Bertz CT molecular complexity index is 1140. The van der Waals surface area contributed by atoms with Crippen LogP contribution in [0.15, 0.2) is 59.1 Å². The van der Waals surface area contributed by atoms with Gasteiger partial charge in [0.2, 0.25) is 5.76 Å². The highest BCUT2D eigenvalue weighted by molar-refractivity contribution is 6.00. The van der Waals surface area contributed by atoms with E-state index < -0.39 is 29.8 Å². The quantitative estimate of drug-likeness (QED) is 0.420. The Balaban J connectivity index is 1.61. The van der Waals surface area contributed by atoms with Gasteiger partial charge in [0.25, 0.3) is 5.91 Å². The van der Waals surface area contributed by atoms with Crippen LogP contribution in [0.1, 0.15) is 30.8 Å². The third-order valence-electron chi connectivity index (χ3n) is 4.77. The number of urea groups is 1. The van der Waals surface area contributed by atoms with E-state index in [1.165, 1.54) is 37.4 Å². The molecule has 0 aliphatic carbocycles. The highest BCUT2D eigenvalue weighted by atomic mass is 19.1. The molecule has 0 spiro atoms. The summed E-state index contributed by atoms with van der Waals surface area (Å²) in [6.45, 7) is 3.86. The molecule has 1 aromatic heterocycles. The minimum Gasteiger partial charge on any atom is -0.467 e. The molecule has 2 aromatic carbocycles. The van der Waals surface area contributed by atoms with Gasteiger partial charge in [-0.3, -0.25) is 4.79 Å². The van der Waals surface area contributed by atoms with E-state index in [1.807, 2.05) is 13.8 Å². The van der Waals surface area contributed by atoms with Crippen molar-refractivity contribution in [3.63, 3.8) is 0 Å². The van der Waals surface area contributed by atoms with Crippen LogP contribution in [0.2, 0.25) is 0 Å². The van der Waals surface area contributed by atoms with E-state index in [1.54, 1.807) is 24.3 Å². The van der Waals surface area contributed by atoms with Crippen molar-refractivity contribution >= 4 is 29.3 Å². The molecule has 0 radical (unpaired) electrons. The first-order chi connectivity index (χ1) is 16.2. The van der Waals surface area contributed by atoms with E-state index in [-0.39, 0.29) is 11.7 Å². The molecule has 1 unspecified atom stereocenters. The Hall–Kier alpha value is -4.21. The number of esters is 1. The van der Waals surface area contributed by atoms with Gasteiger partial charge in [0.1, 0.15) is 17.6 Å². The molecule has 3 rings (SSSR count). The molecule has 1 atom stereocenters. The third-order valence-corrected chi connectivity index (χ3v) is 4.77. The van der Waals surface area contributed by atoms with Crippen molar-refractivity contribution in [1.29, 1.82) is 0 Å². The summed E-state index contributed by atoms with van der Waals surface area (Å²) in [6, 6.07) is 12.3. The van der Waals surface area contributed by atoms with Gasteiger partial charge in [-0.15, -0.1) is 0 Å². The van der Waals surface area contributed by atoms with Crippen LogP contribution in [0.25, 0.3) is 11.3 Å². The first kappa shape index (κ1) is 24.4. The summed E-state index contributed by atoms with van der Waals surface area (Å²) < 4.78 is 22.9. The summed E-state index contributed by atoms with van der Waals surface area (Å²) in [6.07, 6.45) is 0.419. The van der Waals surface area contributed by atoms with Crippen molar-refractivity contribution < 1.29 is 28.0 Å². The Labute approximate surface area is 195 Å². The number of nitrogens with one attached hydrogen (secondary N) is 3. The highest BCUT2D eigenvalue weighted by Crippen LogP contribution is 2.22. The molecule has 0 aliphatic rings. The fourth-order valence-corrected chi connectivity index (χ4v) is 3.13. The number of nitrogens with zero attached hydrogens (tertiary/aromatic N) is 1. The number of anilines is 2. The van der Waals surface area contributed by atoms with E-state index in [9.17, 15) is 18.8 Å². The molecule has 1 heterocycles. The monoisotopic (exact) mass is 468 g/mol. The van der Waals surface area contributed by atoms with Gasteiger partial charge in [-0.1, -0.05) is 31.1 Å². The number of carbonyl (C=O) groups excluding carboxylic acids is 3. The van der Waals surface area contributed by atoms with E-state index >= 15 is 0 Å². The third kappa shape index (κ3) is 6.64. The second-order valence-electron chi connectivity index (χ2n) is 7.92. The van der Waals surface area contributed by atoms with Gasteiger partial charge < -0.3 is 25.2 Å². The molecule has 0 saturated heterocycles. The van der Waals surface area contributed by atoms with Gasteiger partial charge in [-0.2, -0.15) is 0 Å². The van der Waals surface area contributed by atoms with Crippen LogP contribution >= 0.6 is 0 Å². The van der Waals surface area contributed by atoms with Crippen molar-refractivity contribution in [2.45, 2.75) is 26.3 Å². The average molecular weight is 468 g/mol. The number of ether oxygens (including phenoxy) is 1. The predicted octanol–water partition coefficient (Wildman–Crippen LogP) is 4.44. The maximum atomic E-state index is 13.0. The normalized spacial score (nSPS) is 11.6. The fraction of sp³-hybridized carbons (Fsp3) is 0.250. The summed E-state index contributed by atoms with van der Waals surface area (Å²) in [4.78, 5) is 36.6. The van der Waals surface area contributed by atoms with E-state index in [0.717, 1.165) is 0 Å². The molecule has 34 heavy (non-hydrogen) atoms. The number of methoxy groups -OCH3 is 1. The number of halogens is 1. The Morgan fingerprint density at radius 3 is 2.15 bits per heavy atom. The topological polar surface area (TPSA) is 123 Å². The van der Waals surface area contributed by atoms with Gasteiger partial charge in [0.05, 0.1) is 7.11 Å². The van der Waals surface area contributed by atoms with E-state index in [4.69, 9.17) is 9.26 Å². The Kier molecular flexibility index (Phi) is 7.96. The van der Waals surface area contributed by atoms with Crippen molar-refractivity contribution in [1.82, 2.24) is 10.5 Å². The minimum atomic E-state index is -0.794. The van der Waals surface area contributed by atoms with Crippen LogP contribution in [0.5, 0.6) is 0 Å². The van der Waals surface area contributed by atoms with Crippen LogP contribution in [0.3, 0.4) is 0 Å². The van der Waals surface area contributed by atoms with Crippen LogP contribution in [-0.2, 0) is 9.53 Å². The summed E-state index contributed by atoms with van der Waals surface area (Å²) >= 11 is 0. The van der Waals surface area contributed by atoms with Crippen LogP contribution in [0, 0.1) is 11.7 Å². The second kappa shape index (κ2) is 11.1. The van der Waals surface area contributed by atoms with Crippen molar-refractivity contribution in [2.75, 3.05) is 17.7 Å². The minimum absolute atomic E-state index is 0.0477. The first-order valence-electron chi connectivity index (χ1n) is 10.5. The lowest BCUT2D eigenvalue weighted by Gasteiger charge is -2.17. The van der Waals surface area contributed by atoms with E-state index in [0.29, 0.717) is 29.1 Å². The Morgan fingerprint density at radius 1 is 1.00 bits per heavy atom. The molecular weight excluding hydrogens is 443 g/mol. The number of aromatic nitrogens is 1. The molecule has 10 heteroatoms. The maximum absolute atomic E-state index is 13.0. The SMILES string of the molecule is COC(=O)C(CC(C)C)NC(=O)c1cc(-c2ccc(NC(=O)Nc3ccc(F)cc3)cc2)no1. The molecule has 0 saturated carbocycles. The summed E-state index contributed by atoms with van der Waals surface area (Å²) in [5, 5.41) is 11.8. The van der Waals surface area contributed by atoms with Crippen LogP contribution in [-0.4, -0.2) is 36.2 Å². The van der Waals surface area contributed by atoms with Crippen LogP contribution in [0.4, 0.5) is 20.6 Å². The predicted molar refractivity (Wildman–Crippen MR) is 124 cm³/mol. The summed E-state index contributed by atoms with van der Waals surface area (Å²) in [7, 11) is 1.26. The number of hydrogen-bond donors (Lipinski definition) is 3. The lowest BCUT2D eigenvalue weighted by Crippen LogP contribution is -2.42. The number of rotatable bonds is 8. The number of hydrogen-bond acceptors (Lipinski definition) is 6. The maximum Gasteiger partial charge on any atom is 0.328 e. The van der Waals surface area contributed by atoms with Crippen molar-refractivity contribution in [3.8, 4) is 11.3 Å². The summed E-state index contributed by atoms with van der Waals surface area (Å²) in [5.74, 6) is -1.39. The molecule has 3 amide bonds. The zero-order valence-electron chi connectivity index (χ0n) is 18.9. The number of amides is 3. The molecular formula is C24H25FN4O5.